The number of nitrogens with one attached hydrogen (secondary N) is 2. The highest BCUT2D eigenvalue weighted by atomic mass is 16.2. The molecule has 2 saturated carbocycles. The maximum absolute atomic E-state index is 13.6. The number of amides is 4. The summed E-state index contributed by atoms with van der Waals surface area (Å²) in [6, 6.07) is -1.53. The molecule has 0 unspecified atom stereocenters. The molecule has 9 nitrogen and oxygen atoms in total. The van der Waals surface area contributed by atoms with Gasteiger partial charge in [-0.05, 0) is 51.1 Å². The molecule has 2 atom stereocenters. The van der Waals surface area contributed by atoms with Crippen molar-refractivity contribution in [3.63, 3.8) is 0 Å². The molecular formula is C27H45N5O4. The van der Waals surface area contributed by atoms with Crippen LogP contribution in [-0.4, -0.2) is 78.2 Å². The van der Waals surface area contributed by atoms with E-state index in [2.05, 4.69) is 10.6 Å². The first-order valence-electron chi connectivity index (χ1n) is 14.3. The molecule has 0 spiro atoms. The fourth-order valence-corrected chi connectivity index (χ4v) is 6.65. The normalized spacial score (nSPS) is 25.8. The first-order chi connectivity index (χ1) is 17.4. The molecule has 4 rings (SSSR count). The number of carbonyl (C=O) groups excluding carboxylic acids is 4. The summed E-state index contributed by atoms with van der Waals surface area (Å²) in [5, 5.41) is 6.20. The number of rotatable bonds is 7. The van der Waals surface area contributed by atoms with Crippen LogP contribution in [0.15, 0.2) is 0 Å². The van der Waals surface area contributed by atoms with Gasteiger partial charge in [-0.1, -0.05) is 51.4 Å². The average molecular weight is 504 g/mol. The van der Waals surface area contributed by atoms with Gasteiger partial charge in [0, 0.05) is 24.9 Å². The third-order valence-electron chi connectivity index (χ3n) is 8.87. The lowest BCUT2D eigenvalue weighted by Gasteiger charge is -2.43. The van der Waals surface area contributed by atoms with Crippen molar-refractivity contribution in [2.24, 2.45) is 23.5 Å². The van der Waals surface area contributed by atoms with Crippen LogP contribution in [0.2, 0.25) is 0 Å². The Morgan fingerprint density at radius 1 is 0.806 bits per heavy atom. The first kappa shape index (κ1) is 26.9. The molecule has 0 bridgehead atoms. The molecule has 202 valence electrons. The number of primary amides is 1. The Hall–Kier alpha value is -2.16. The largest absolute Gasteiger partial charge is 0.368 e. The third-order valence-corrected chi connectivity index (χ3v) is 8.87. The molecule has 9 heteroatoms. The van der Waals surface area contributed by atoms with Crippen LogP contribution < -0.4 is 16.4 Å². The van der Waals surface area contributed by atoms with Crippen LogP contribution in [0.5, 0.6) is 0 Å². The Balaban J connectivity index is 1.47. The Morgan fingerprint density at radius 2 is 1.42 bits per heavy atom. The number of hydrogen-bond acceptors (Lipinski definition) is 5. The Kier molecular flexibility index (Phi) is 9.62. The van der Waals surface area contributed by atoms with E-state index in [-0.39, 0.29) is 36.1 Å². The van der Waals surface area contributed by atoms with Gasteiger partial charge in [0.25, 0.3) is 0 Å². The summed E-state index contributed by atoms with van der Waals surface area (Å²) >= 11 is 0. The minimum absolute atomic E-state index is 0.0201. The van der Waals surface area contributed by atoms with Crippen molar-refractivity contribution in [1.29, 1.82) is 0 Å². The average Bonchev–Trinajstić information content (AvgIpc) is 2.93. The summed E-state index contributed by atoms with van der Waals surface area (Å²) in [5.41, 5.74) is 5.71. The smallest absolute Gasteiger partial charge is 0.245 e. The zero-order valence-corrected chi connectivity index (χ0v) is 21.7. The van der Waals surface area contributed by atoms with Gasteiger partial charge in [-0.15, -0.1) is 0 Å². The summed E-state index contributed by atoms with van der Waals surface area (Å²) in [6.45, 7) is 2.63. The van der Waals surface area contributed by atoms with Crippen LogP contribution in [0.3, 0.4) is 0 Å². The number of hydrogen-bond donors (Lipinski definition) is 3. The van der Waals surface area contributed by atoms with Crippen LogP contribution in [0.4, 0.5) is 0 Å². The van der Waals surface area contributed by atoms with Crippen LogP contribution in [0.25, 0.3) is 0 Å². The number of piperazine rings is 1. The van der Waals surface area contributed by atoms with E-state index in [0.29, 0.717) is 25.4 Å². The van der Waals surface area contributed by atoms with Crippen LogP contribution >= 0.6 is 0 Å². The topological polar surface area (TPSA) is 125 Å². The van der Waals surface area contributed by atoms with Crippen molar-refractivity contribution in [3.05, 3.63) is 0 Å². The van der Waals surface area contributed by atoms with E-state index < -0.39 is 18.0 Å². The van der Waals surface area contributed by atoms with Gasteiger partial charge in [0.15, 0.2) is 0 Å². The van der Waals surface area contributed by atoms with Gasteiger partial charge in [0.1, 0.15) is 12.1 Å². The number of nitrogens with two attached hydrogens (primary N) is 1. The van der Waals surface area contributed by atoms with Crippen molar-refractivity contribution in [2.75, 3.05) is 32.7 Å². The second-order valence-corrected chi connectivity index (χ2v) is 11.4. The highest BCUT2D eigenvalue weighted by molar-refractivity contribution is 5.93. The Labute approximate surface area is 215 Å². The van der Waals surface area contributed by atoms with E-state index >= 15 is 0 Å². The molecule has 4 N–H and O–H groups in total. The van der Waals surface area contributed by atoms with Gasteiger partial charge in [0.05, 0.1) is 6.54 Å². The molecule has 2 saturated heterocycles. The number of piperidine rings is 1. The van der Waals surface area contributed by atoms with Crippen molar-refractivity contribution in [2.45, 2.75) is 95.6 Å². The predicted molar refractivity (Wildman–Crippen MR) is 137 cm³/mol. The molecule has 0 radical (unpaired) electrons. The SMILES string of the molecule is NC(=O)[C@H](CC1CCCCC1)NC(=O)[C@H]1CN(C(=O)C2CCNCC2)CCN1C(=O)C1CCCCC1. The van der Waals surface area contributed by atoms with E-state index in [0.717, 1.165) is 83.7 Å². The Morgan fingerprint density at radius 3 is 2.06 bits per heavy atom. The second kappa shape index (κ2) is 12.9. The maximum atomic E-state index is 13.6. The molecule has 4 fully saturated rings. The summed E-state index contributed by atoms with van der Waals surface area (Å²) in [4.78, 5) is 56.2. The van der Waals surface area contributed by atoms with Gasteiger partial charge in [-0.2, -0.15) is 0 Å². The lowest BCUT2D eigenvalue weighted by atomic mass is 9.84. The summed E-state index contributed by atoms with van der Waals surface area (Å²) in [5.74, 6) is -0.519. The van der Waals surface area contributed by atoms with E-state index in [1.165, 1.54) is 6.42 Å². The van der Waals surface area contributed by atoms with Crippen molar-refractivity contribution < 1.29 is 19.2 Å². The zero-order valence-electron chi connectivity index (χ0n) is 21.7. The minimum atomic E-state index is -0.785. The molecule has 4 amide bonds. The lowest BCUT2D eigenvalue weighted by molar-refractivity contribution is -0.153. The minimum Gasteiger partial charge on any atom is -0.368 e. The van der Waals surface area contributed by atoms with Crippen LogP contribution in [0.1, 0.15) is 83.5 Å². The van der Waals surface area contributed by atoms with Crippen molar-refractivity contribution in [1.82, 2.24) is 20.4 Å². The predicted octanol–water partition coefficient (Wildman–Crippen LogP) is 1.55. The second-order valence-electron chi connectivity index (χ2n) is 11.4. The molecule has 0 aromatic heterocycles. The molecule has 36 heavy (non-hydrogen) atoms. The van der Waals surface area contributed by atoms with Crippen LogP contribution in [-0.2, 0) is 19.2 Å². The third kappa shape index (κ3) is 6.78. The van der Waals surface area contributed by atoms with E-state index in [4.69, 9.17) is 5.73 Å². The molecule has 2 heterocycles. The number of nitrogens with zero attached hydrogens (tertiary/aromatic N) is 2. The quantitative estimate of drug-likeness (QED) is 0.486. The van der Waals surface area contributed by atoms with Crippen LogP contribution in [0, 0.1) is 17.8 Å². The fraction of sp³-hybridized carbons (Fsp3) is 0.852. The standard InChI is InChI=1S/C27H45N5O4/c28-24(33)22(17-19-7-3-1-4-8-19)30-25(34)23-18-31(26(35)21-11-13-29-14-12-21)15-16-32(23)27(36)20-9-5-2-6-10-20/h19-23,29H,1-18H2,(H2,28,33)(H,30,34)/t22-,23+/m0/s1. The fourth-order valence-electron chi connectivity index (χ4n) is 6.65. The molecular weight excluding hydrogens is 458 g/mol. The maximum Gasteiger partial charge on any atom is 0.245 e. The van der Waals surface area contributed by atoms with E-state index in [1.54, 1.807) is 9.80 Å². The Bertz CT molecular complexity index is 787. The summed E-state index contributed by atoms with van der Waals surface area (Å²) in [7, 11) is 0. The molecule has 4 aliphatic rings. The molecule has 2 aliphatic carbocycles. The van der Waals surface area contributed by atoms with Gasteiger partial charge in [0.2, 0.25) is 23.6 Å². The van der Waals surface area contributed by atoms with Crippen molar-refractivity contribution >= 4 is 23.6 Å². The van der Waals surface area contributed by atoms with Gasteiger partial charge >= 0.3 is 0 Å². The molecule has 0 aromatic rings. The van der Waals surface area contributed by atoms with Gasteiger partial charge in [-0.3, -0.25) is 19.2 Å². The lowest BCUT2D eigenvalue weighted by Crippen LogP contribution is -2.64. The van der Waals surface area contributed by atoms with Gasteiger partial charge < -0.3 is 26.2 Å². The highest BCUT2D eigenvalue weighted by Gasteiger charge is 2.41. The summed E-state index contributed by atoms with van der Waals surface area (Å²) < 4.78 is 0. The van der Waals surface area contributed by atoms with Gasteiger partial charge in [-0.25, -0.2) is 0 Å². The highest BCUT2D eigenvalue weighted by Crippen LogP contribution is 2.29. The zero-order chi connectivity index (χ0) is 25.5. The molecule has 0 aromatic carbocycles. The molecule has 2 aliphatic heterocycles. The van der Waals surface area contributed by atoms with Crippen molar-refractivity contribution in [3.8, 4) is 0 Å². The van der Waals surface area contributed by atoms with E-state index in [9.17, 15) is 19.2 Å². The van der Waals surface area contributed by atoms with E-state index in [1.807, 2.05) is 0 Å². The first-order valence-corrected chi connectivity index (χ1v) is 14.3. The monoisotopic (exact) mass is 503 g/mol. The number of carbonyl (C=O) groups is 4. The summed E-state index contributed by atoms with van der Waals surface area (Å²) in [6.07, 6.45) is 12.7.